The van der Waals surface area contributed by atoms with E-state index in [4.69, 9.17) is 14.6 Å². The number of ether oxygens (including phenoxy) is 2. The molecule has 0 saturated carbocycles. The van der Waals surface area contributed by atoms with Crippen molar-refractivity contribution in [3.63, 3.8) is 0 Å². The lowest BCUT2D eigenvalue weighted by atomic mass is 10.1. The van der Waals surface area contributed by atoms with Crippen molar-refractivity contribution in [3.05, 3.63) is 35.4 Å². The quantitative estimate of drug-likeness (QED) is 0.639. The normalized spacial score (nSPS) is 10.3. The van der Waals surface area contributed by atoms with Crippen LogP contribution in [0.2, 0.25) is 0 Å². The van der Waals surface area contributed by atoms with Crippen LogP contribution in [0.3, 0.4) is 0 Å². The number of hydrogen-bond donors (Lipinski definition) is 1. The van der Waals surface area contributed by atoms with E-state index in [2.05, 4.69) is 0 Å². The Morgan fingerprint density at radius 1 is 1.39 bits per heavy atom. The molecule has 0 radical (unpaired) electrons. The first-order valence-electron chi connectivity index (χ1n) is 5.34. The van der Waals surface area contributed by atoms with Crippen LogP contribution >= 0.6 is 0 Å². The molecule has 0 unspecified atom stereocenters. The Hall–Kier alpha value is -2.30. The van der Waals surface area contributed by atoms with Crippen molar-refractivity contribution in [2.75, 3.05) is 13.7 Å². The summed E-state index contributed by atoms with van der Waals surface area (Å²) in [6.45, 7) is 2.02. The van der Waals surface area contributed by atoms with Crippen LogP contribution in [-0.4, -0.2) is 30.8 Å². The highest BCUT2D eigenvalue weighted by Crippen LogP contribution is 2.21. The first-order valence-corrected chi connectivity index (χ1v) is 5.34. The number of esters is 1. The van der Waals surface area contributed by atoms with Gasteiger partial charge >= 0.3 is 11.9 Å². The second-order valence-electron chi connectivity index (χ2n) is 3.35. The highest BCUT2D eigenvalue weighted by molar-refractivity contribution is 5.90. The summed E-state index contributed by atoms with van der Waals surface area (Å²) in [7, 11) is 1.43. The summed E-state index contributed by atoms with van der Waals surface area (Å²) in [4.78, 5) is 21.9. The lowest BCUT2D eigenvalue weighted by Crippen LogP contribution is -2.00. The number of benzene rings is 1. The summed E-state index contributed by atoms with van der Waals surface area (Å²) in [5.74, 6) is -1.11. The third-order valence-corrected chi connectivity index (χ3v) is 2.17. The second kappa shape index (κ2) is 6.44. The van der Waals surface area contributed by atoms with Gasteiger partial charge in [-0.3, -0.25) is 0 Å². The van der Waals surface area contributed by atoms with Crippen molar-refractivity contribution >= 4 is 18.0 Å². The molecule has 1 N–H and O–H groups in total. The zero-order valence-corrected chi connectivity index (χ0v) is 10.2. The lowest BCUT2D eigenvalue weighted by Gasteiger charge is -2.05. The molecule has 96 valence electrons. The van der Waals surface area contributed by atoms with Gasteiger partial charge in [-0.25, -0.2) is 9.59 Å². The van der Waals surface area contributed by atoms with Gasteiger partial charge in [-0.1, -0.05) is 6.07 Å². The van der Waals surface area contributed by atoms with Crippen LogP contribution < -0.4 is 4.74 Å². The Morgan fingerprint density at radius 2 is 2.11 bits per heavy atom. The molecule has 0 bridgehead atoms. The summed E-state index contributed by atoms with van der Waals surface area (Å²) in [6, 6.07) is 4.40. The van der Waals surface area contributed by atoms with Crippen LogP contribution in [0.4, 0.5) is 0 Å². The molecule has 0 aliphatic rings. The van der Waals surface area contributed by atoms with E-state index in [0.717, 1.165) is 0 Å². The molecule has 1 aromatic carbocycles. The molecule has 0 spiro atoms. The Balaban J connectivity index is 2.96. The Bertz CT molecular complexity index is 476. The Kier molecular flexibility index (Phi) is 4.92. The van der Waals surface area contributed by atoms with Gasteiger partial charge in [0, 0.05) is 11.6 Å². The maximum absolute atomic E-state index is 11.1. The monoisotopic (exact) mass is 250 g/mol. The maximum Gasteiger partial charge on any atom is 0.335 e. The van der Waals surface area contributed by atoms with E-state index in [1.54, 1.807) is 13.0 Å². The van der Waals surface area contributed by atoms with E-state index in [-0.39, 0.29) is 5.56 Å². The first kappa shape index (κ1) is 13.8. The van der Waals surface area contributed by atoms with Crippen molar-refractivity contribution in [1.29, 1.82) is 0 Å². The number of rotatable bonds is 5. The summed E-state index contributed by atoms with van der Waals surface area (Å²) >= 11 is 0. The number of carboxylic acids is 1. The molecule has 0 aromatic heterocycles. The molecule has 18 heavy (non-hydrogen) atoms. The summed E-state index contributed by atoms with van der Waals surface area (Å²) in [5.41, 5.74) is 0.732. The van der Waals surface area contributed by atoms with E-state index < -0.39 is 11.9 Å². The van der Waals surface area contributed by atoms with Crippen molar-refractivity contribution in [2.24, 2.45) is 0 Å². The van der Waals surface area contributed by atoms with Gasteiger partial charge in [0.2, 0.25) is 0 Å². The molecular formula is C13H14O5. The number of aromatic carboxylic acids is 1. The van der Waals surface area contributed by atoms with Gasteiger partial charge in [0.05, 0.1) is 19.3 Å². The van der Waals surface area contributed by atoms with Crippen LogP contribution in [0.5, 0.6) is 5.75 Å². The van der Waals surface area contributed by atoms with Crippen LogP contribution in [-0.2, 0) is 9.53 Å². The van der Waals surface area contributed by atoms with E-state index in [9.17, 15) is 9.59 Å². The highest BCUT2D eigenvalue weighted by atomic mass is 16.5. The summed E-state index contributed by atoms with van der Waals surface area (Å²) < 4.78 is 9.80. The van der Waals surface area contributed by atoms with Gasteiger partial charge in [0.25, 0.3) is 0 Å². The molecular weight excluding hydrogens is 236 g/mol. The van der Waals surface area contributed by atoms with Gasteiger partial charge in [-0.2, -0.15) is 0 Å². The highest BCUT2D eigenvalue weighted by Gasteiger charge is 2.07. The average Bonchev–Trinajstić information content (AvgIpc) is 2.36. The third kappa shape index (κ3) is 3.62. The predicted molar refractivity (Wildman–Crippen MR) is 65.6 cm³/mol. The Morgan fingerprint density at radius 3 is 2.67 bits per heavy atom. The number of carbonyl (C=O) groups excluding carboxylic acids is 1. The number of methoxy groups -OCH3 is 1. The van der Waals surface area contributed by atoms with Crippen molar-refractivity contribution in [3.8, 4) is 5.75 Å². The number of carboxylic acid groups (broad SMARTS) is 1. The van der Waals surface area contributed by atoms with Crippen LogP contribution in [0.15, 0.2) is 24.3 Å². The number of carbonyl (C=O) groups is 2. The fraction of sp³-hybridized carbons (Fsp3) is 0.231. The zero-order chi connectivity index (χ0) is 13.5. The molecule has 0 amide bonds. The van der Waals surface area contributed by atoms with Crippen molar-refractivity contribution in [2.45, 2.75) is 6.92 Å². The average molecular weight is 250 g/mol. The van der Waals surface area contributed by atoms with Gasteiger partial charge in [0.15, 0.2) is 0 Å². The summed E-state index contributed by atoms with van der Waals surface area (Å²) in [5, 5.41) is 8.84. The van der Waals surface area contributed by atoms with Crippen LogP contribution in [0.25, 0.3) is 6.08 Å². The van der Waals surface area contributed by atoms with Gasteiger partial charge in [0.1, 0.15) is 5.75 Å². The van der Waals surface area contributed by atoms with Crippen LogP contribution in [0, 0.1) is 0 Å². The van der Waals surface area contributed by atoms with E-state index >= 15 is 0 Å². The molecule has 5 heteroatoms. The van der Waals surface area contributed by atoms with E-state index in [1.165, 1.54) is 31.4 Å². The largest absolute Gasteiger partial charge is 0.496 e. The first-order chi connectivity index (χ1) is 8.58. The predicted octanol–water partition coefficient (Wildman–Crippen LogP) is 1.97. The minimum atomic E-state index is -1.03. The molecule has 0 heterocycles. The van der Waals surface area contributed by atoms with E-state index in [0.29, 0.717) is 17.9 Å². The van der Waals surface area contributed by atoms with Gasteiger partial charge < -0.3 is 14.6 Å². The Labute approximate surface area is 105 Å². The minimum absolute atomic E-state index is 0.125. The van der Waals surface area contributed by atoms with Crippen molar-refractivity contribution < 1.29 is 24.2 Å². The van der Waals surface area contributed by atoms with Gasteiger partial charge in [-0.15, -0.1) is 0 Å². The molecule has 0 fully saturated rings. The van der Waals surface area contributed by atoms with Crippen LogP contribution in [0.1, 0.15) is 22.8 Å². The van der Waals surface area contributed by atoms with Crippen molar-refractivity contribution in [1.82, 2.24) is 0 Å². The minimum Gasteiger partial charge on any atom is -0.496 e. The zero-order valence-electron chi connectivity index (χ0n) is 10.2. The number of hydrogen-bond acceptors (Lipinski definition) is 4. The van der Waals surface area contributed by atoms with E-state index in [1.807, 2.05) is 0 Å². The molecule has 1 rings (SSSR count). The fourth-order valence-corrected chi connectivity index (χ4v) is 1.33. The topological polar surface area (TPSA) is 72.8 Å². The van der Waals surface area contributed by atoms with Gasteiger partial charge in [-0.05, 0) is 25.1 Å². The standard InChI is InChI=1S/C13H14O5/c1-3-18-12(14)7-6-9-4-5-10(13(15)16)8-11(9)17-2/h4-8H,3H2,1-2H3,(H,15,16). The third-order valence-electron chi connectivity index (χ3n) is 2.17. The molecule has 0 atom stereocenters. The SMILES string of the molecule is CCOC(=O)C=Cc1ccc(C(=O)O)cc1OC. The maximum atomic E-state index is 11.1. The molecule has 0 aliphatic heterocycles. The second-order valence-corrected chi connectivity index (χ2v) is 3.35. The molecule has 0 saturated heterocycles. The summed E-state index contributed by atoms with van der Waals surface area (Å²) in [6.07, 6.45) is 2.78. The fourth-order valence-electron chi connectivity index (χ4n) is 1.33. The lowest BCUT2D eigenvalue weighted by molar-refractivity contribution is -0.137. The smallest absolute Gasteiger partial charge is 0.335 e. The molecule has 0 aliphatic carbocycles. The molecule has 5 nitrogen and oxygen atoms in total. The molecule has 1 aromatic rings.